The van der Waals surface area contributed by atoms with Crippen LogP contribution in [0.1, 0.15) is 16.1 Å². The summed E-state index contributed by atoms with van der Waals surface area (Å²) in [6, 6.07) is 13.2. The van der Waals surface area contributed by atoms with Gasteiger partial charge in [-0.1, -0.05) is 35.9 Å². The second-order valence-electron chi connectivity index (χ2n) is 5.06. The Morgan fingerprint density at radius 1 is 1.16 bits per heavy atom. The third kappa shape index (κ3) is 3.99. The standard InChI is InChI=1S/C18H11ClN2O3S/c19-13-7-5-12(6-8-13)18-20-14(11-25-18)9-10-17(22)15-3-1-2-4-16(15)21(23)24/h1-11H/b10-9+. The van der Waals surface area contributed by atoms with Gasteiger partial charge in [-0.15, -0.1) is 11.3 Å². The van der Waals surface area contributed by atoms with E-state index >= 15 is 0 Å². The Kier molecular flexibility index (Phi) is 5.02. The fourth-order valence-electron chi connectivity index (χ4n) is 2.18. The van der Waals surface area contributed by atoms with Crippen LogP contribution in [0, 0.1) is 10.1 Å². The average Bonchev–Trinajstić information content (AvgIpc) is 3.09. The molecular weight excluding hydrogens is 360 g/mol. The first-order valence-corrected chi connectivity index (χ1v) is 8.47. The first kappa shape index (κ1) is 17.0. The molecule has 3 aromatic rings. The molecule has 5 nitrogen and oxygen atoms in total. The summed E-state index contributed by atoms with van der Waals surface area (Å²) < 4.78 is 0. The number of rotatable bonds is 5. The molecule has 0 aliphatic rings. The molecule has 7 heteroatoms. The zero-order valence-electron chi connectivity index (χ0n) is 12.8. The van der Waals surface area contributed by atoms with Crippen molar-refractivity contribution in [3.8, 4) is 10.6 Å². The van der Waals surface area contributed by atoms with Gasteiger partial charge in [0.25, 0.3) is 5.69 Å². The smallest absolute Gasteiger partial charge is 0.280 e. The van der Waals surface area contributed by atoms with Gasteiger partial charge in [-0.25, -0.2) is 4.98 Å². The number of nitro benzene ring substituents is 1. The zero-order chi connectivity index (χ0) is 17.8. The van der Waals surface area contributed by atoms with Crippen molar-refractivity contribution in [3.05, 3.63) is 86.4 Å². The Labute approximate surface area is 152 Å². The van der Waals surface area contributed by atoms with Crippen LogP contribution in [0.2, 0.25) is 5.02 Å². The van der Waals surface area contributed by atoms with Crippen LogP contribution < -0.4 is 0 Å². The number of carbonyl (C=O) groups is 1. The van der Waals surface area contributed by atoms with E-state index in [1.54, 1.807) is 24.3 Å². The summed E-state index contributed by atoms with van der Waals surface area (Å²) in [5.41, 5.74) is 1.38. The lowest BCUT2D eigenvalue weighted by Gasteiger charge is -1.97. The summed E-state index contributed by atoms with van der Waals surface area (Å²) in [7, 11) is 0. The lowest BCUT2D eigenvalue weighted by atomic mass is 10.1. The first-order chi connectivity index (χ1) is 12.0. The Balaban J connectivity index is 1.80. The van der Waals surface area contributed by atoms with E-state index in [9.17, 15) is 14.9 Å². The van der Waals surface area contributed by atoms with Gasteiger partial charge in [-0.2, -0.15) is 0 Å². The molecule has 3 rings (SSSR count). The van der Waals surface area contributed by atoms with Gasteiger partial charge in [0, 0.05) is 22.0 Å². The van der Waals surface area contributed by atoms with E-state index in [4.69, 9.17) is 11.6 Å². The normalized spacial score (nSPS) is 10.9. The summed E-state index contributed by atoms with van der Waals surface area (Å²) in [4.78, 5) is 27.1. The van der Waals surface area contributed by atoms with Crippen LogP contribution in [0.3, 0.4) is 0 Å². The largest absolute Gasteiger partial charge is 0.289 e. The van der Waals surface area contributed by atoms with Crippen LogP contribution in [-0.2, 0) is 0 Å². The van der Waals surface area contributed by atoms with Crippen LogP contribution >= 0.6 is 22.9 Å². The molecule has 1 heterocycles. The van der Waals surface area contributed by atoms with Crippen molar-refractivity contribution in [2.24, 2.45) is 0 Å². The Hall–Kier alpha value is -2.83. The van der Waals surface area contributed by atoms with E-state index in [1.165, 1.54) is 35.6 Å². The molecule has 0 fully saturated rings. The summed E-state index contributed by atoms with van der Waals surface area (Å²) in [5, 5.41) is 14.3. The van der Waals surface area contributed by atoms with Crippen molar-refractivity contribution in [3.63, 3.8) is 0 Å². The number of halogens is 1. The second-order valence-corrected chi connectivity index (χ2v) is 6.35. The molecule has 1 aromatic heterocycles. The molecule has 25 heavy (non-hydrogen) atoms. The van der Waals surface area contributed by atoms with Gasteiger partial charge in [0.05, 0.1) is 16.2 Å². The van der Waals surface area contributed by atoms with Gasteiger partial charge in [0.2, 0.25) is 0 Å². The summed E-state index contributed by atoms with van der Waals surface area (Å²) >= 11 is 7.31. The predicted octanol–water partition coefficient (Wildman–Crippen LogP) is 5.27. The van der Waals surface area contributed by atoms with Crippen molar-refractivity contribution in [1.82, 2.24) is 4.98 Å². The SMILES string of the molecule is O=C(/C=C/c1csc(-c2ccc(Cl)cc2)n1)c1ccccc1[N+](=O)[O-]. The molecule has 0 bridgehead atoms. The first-order valence-electron chi connectivity index (χ1n) is 7.22. The van der Waals surface area contributed by atoms with E-state index in [1.807, 2.05) is 17.5 Å². The van der Waals surface area contributed by atoms with Crippen LogP contribution in [0.5, 0.6) is 0 Å². The molecule has 0 aliphatic heterocycles. The van der Waals surface area contributed by atoms with Crippen LogP contribution in [0.4, 0.5) is 5.69 Å². The van der Waals surface area contributed by atoms with Gasteiger partial charge in [-0.3, -0.25) is 14.9 Å². The summed E-state index contributed by atoms with van der Waals surface area (Å²) in [6.45, 7) is 0. The quantitative estimate of drug-likeness (QED) is 0.265. The molecule has 124 valence electrons. The highest BCUT2D eigenvalue weighted by Gasteiger charge is 2.17. The molecule has 0 N–H and O–H groups in total. The maximum atomic E-state index is 12.2. The number of benzene rings is 2. The number of allylic oxidation sites excluding steroid dienone is 1. The average molecular weight is 371 g/mol. The zero-order valence-corrected chi connectivity index (χ0v) is 14.3. The van der Waals surface area contributed by atoms with Crippen molar-refractivity contribution in [2.75, 3.05) is 0 Å². The van der Waals surface area contributed by atoms with E-state index < -0.39 is 10.7 Å². The number of carbonyl (C=O) groups excluding carboxylic acids is 1. The van der Waals surface area contributed by atoms with Crippen LogP contribution in [-0.4, -0.2) is 15.7 Å². The number of hydrogen-bond acceptors (Lipinski definition) is 5. The Bertz CT molecular complexity index is 964. The third-order valence-corrected chi connectivity index (χ3v) is 4.55. The fourth-order valence-corrected chi connectivity index (χ4v) is 3.10. The molecule has 0 radical (unpaired) electrons. The molecular formula is C18H11ClN2O3S. The molecule has 0 unspecified atom stereocenters. The van der Waals surface area contributed by atoms with Gasteiger partial charge in [0.15, 0.2) is 5.78 Å². The minimum absolute atomic E-state index is 0.0527. The van der Waals surface area contributed by atoms with Gasteiger partial charge >= 0.3 is 0 Å². The topological polar surface area (TPSA) is 73.1 Å². The lowest BCUT2D eigenvalue weighted by molar-refractivity contribution is -0.385. The van der Waals surface area contributed by atoms with Crippen molar-refractivity contribution < 1.29 is 9.72 Å². The molecule has 2 aromatic carbocycles. The minimum atomic E-state index is -0.567. The summed E-state index contributed by atoms with van der Waals surface area (Å²) in [5.74, 6) is -0.437. The molecule has 0 saturated carbocycles. The van der Waals surface area contributed by atoms with Crippen molar-refractivity contribution in [1.29, 1.82) is 0 Å². The van der Waals surface area contributed by atoms with Gasteiger partial charge in [0.1, 0.15) is 5.01 Å². The molecule has 0 saturated heterocycles. The molecule has 0 spiro atoms. The van der Waals surface area contributed by atoms with Crippen molar-refractivity contribution >= 4 is 40.5 Å². The second kappa shape index (κ2) is 7.38. The highest BCUT2D eigenvalue weighted by atomic mass is 35.5. The Morgan fingerprint density at radius 2 is 1.88 bits per heavy atom. The maximum Gasteiger partial charge on any atom is 0.280 e. The Morgan fingerprint density at radius 3 is 2.60 bits per heavy atom. The number of thiazole rings is 1. The predicted molar refractivity (Wildman–Crippen MR) is 99.0 cm³/mol. The number of ketones is 1. The number of nitrogens with zero attached hydrogens (tertiary/aromatic N) is 2. The number of para-hydroxylation sites is 1. The fraction of sp³-hybridized carbons (Fsp3) is 0. The van der Waals surface area contributed by atoms with Crippen LogP contribution in [0.25, 0.3) is 16.6 Å². The molecule has 0 amide bonds. The van der Waals surface area contributed by atoms with E-state index in [0.717, 1.165) is 10.6 Å². The van der Waals surface area contributed by atoms with Gasteiger partial charge < -0.3 is 0 Å². The van der Waals surface area contributed by atoms with Crippen LogP contribution in [0.15, 0.2) is 60.0 Å². The molecule has 0 atom stereocenters. The van der Waals surface area contributed by atoms with Gasteiger partial charge in [-0.05, 0) is 30.4 Å². The van der Waals surface area contributed by atoms with E-state index in [-0.39, 0.29) is 11.3 Å². The monoisotopic (exact) mass is 370 g/mol. The number of aromatic nitrogens is 1. The summed E-state index contributed by atoms with van der Waals surface area (Å²) in [6.07, 6.45) is 2.85. The minimum Gasteiger partial charge on any atom is -0.289 e. The molecule has 0 aliphatic carbocycles. The third-order valence-electron chi connectivity index (χ3n) is 3.38. The highest BCUT2D eigenvalue weighted by molar-refractivity contribution is 7.13. The van der Waals surface area contributed by atoms with E-state index in [0.29, 0.717) is 10.7 Å². The highest BCUT2D eigenvalue weighted by Crippen LogP contribution is 2.26. The number of hydrogen-bond donors (Lipinski definition) is 0. The van der Waals surface area contributed by atoms with Crippen molar-refractivity contribution in [2.45, 2.75) is 0 Å². The number of nitro groups is 1. The maximum absolute atomic E-state index is 12.2. The lowest BCUT2D eigenvalue weighted by Crippen LogP contribution is -2.00. The van der Waals surface area contributed by atoms with E-state index in [2.05, 4.69) is 4.98 Å².